The molecule has 0 saturated carbocycles. The number of ether oxygens (including phenoxy) is 2. The van der Waals surface area contributed by atoms with Crippen LogP contribution in [0.2, 0.25) is 0 Å². The molecule has 0 unspecified atom stereocenters. The van der Waals surface area contributed by atoms with Gasteiger partial charge in [-0.3, -0.25) is 0 Å². The number of aliphatic hydroxyl groups excluding tert-OH is 1. The molecule has 4 rings (SSSR count). The summed E-state index contributed by atoms with van der Waals surface area (Å²) in [6.07, 6.45) is 0. The lowest BCUT2D eigenvalue weighted by molar-refractivity contribution is 0.280. The zero-order valence-electron chi connectivity index (χ0n) is 15.0. The first-order chi connectivity index (χ1) is 13.2. The maximum atomic E-state index is 9.33. The molecule has 2 heterocycles. The van der Waals surface area contributed by atoms with Gasteiger partial charge in [0.05, 0.1) is 19.1 Å². The van der Waals surface area contributed by atoms with Crippen molar-refractivity contribution >= 4 is 21.6 Å². The number of nitrogens with zero attached hydrogens (tertiary/aromatic N) is 2. The molecule has 0 saturated heterocycles. The number of rotatable bonds is 5. The molecule has 0 fully saturated rings. The van der Waals surface area contributed by atoms with Gasteiger partial charge >= 0.3 is 0 Å². The normalized spacial score (nSPS) is 10.9. The molecule has 0 aliphatic rings. The zero-order valence-corrected chi connectivity index (χ0v) is 15.8. The predicted octanol–water partition coefficient (Wildman–Crippen LogP) is 4.96. The number of benzene rings is 2. The first kappa shape index (κ1) is 17.5. The Morgan fingerprint density at radius 2 is 1.85 bits per heavy atom. The van der Waals surface area contributed by atoms with Crippen molar-refractivity contribution in [2.45, 2.75) is 13.5 Å². The largest absolute Gasteiger partial charge is 0.493 e. The SMILES string of the molecule is COc1cc(CO)ccc1Oc1nc(C)nc2scc(-c3ccccc3)c12. The van der Waals surface area contributed by atoms with E-state index in [1.165, 1.54) is 0 Å². The van der Waals surface area contributed by atoms with Crippen LogP contribution in [0.5, 0.6) is 17.4 Å². The second kappa shape index (κ2) is 7.34. The van der Waals surface area contributed by atoms with Gasteiger partial charge in [-0.05, 0) is 30.2 Å². The quantitative estimate of drug-likeness (QED) is 0.532. The Kier molecular flexibility index (Phi) is 4.75. The molecule has 1 N–H and O–H groups in total. The highest BCUT2D eigenvalue weighted by atomic mass is 32.1. The van der Waals surface area contributed by atoms with Gasteiger partial charge < -0.3 is 14.6 Å². The van der Waals surface area contributed by atoms with Crippen molar-refractivity contribution in [3.63, 3.8) is 0 Å². The Balaban J connectivity index is 1.86. The summed E-state index contributed by atoms with van der Waals surface area (Å²) in [5.74, 6) is 2.22. The molecule has 136 valence electrons. The number of hydrogen-bond donors (Lipinski definition) is 1. The number of thiophene rings is 1. The van der Waals surface area contributed by atoms with E-state index >= 15 is 0 Å². The Morgan fingerprint density at radius 3 is 2.59 bits per heavy atom. The highest BCUT2D eigenvalue weighted by molar-refractivity contribution is 7.17. The minimum atomic E-state index is -0.0593. The predicted molar refractivity (Wildman–Crippen MR) is 107 cm³/mol. The summed E-state index contributed by atoms with van der Waals surface area (Å²) in [5, 5.41) is 12.3. The molecule has 2 aromatic carbocycles. The lowest BCUT2D eigenvalue weighted by atomic mass is 10.1. The fourth-order valence-corrected chi connectivity index (χ4v) is 3.90. The van der Waals surface area contributed by atoms with E-state index in [1.807, 2.05) is 25.1 Å². The first-order valence-electron chi connectivity index (χ1n) is 8.46. The highest BCUT2D eigenvalue weighted by Gasteiger charge is 2.17. The molecule has 0 bridgehead atoms. The van der Waals surface area contributed by atoms with Crippen LogP contribution in [-0.4, -0.2) is 22.2 Å². The van der Waals surface area contributed by atoms with Crippen molar-refractivity contribution in [2.75, 3.05) is 7.11 Å². The monoisotopic (exact) mass is 378 g/mol. The van der Waals surface area contributed by atoms with E-state index in [-0.39, 0.29) is 6.61 Å². The van der Waals surface area contributed by atoms with E-state index in [1.54, 1.807) is 36.6 Å². The van der Waals surface area contributed by atoms with Crippen molar-refractivity contribution in [1.82, 2.24) is 9.97 Å². The van der Waals surface area contributed by atoms with Crippen molar-refractivity contribution in [2.24, 2.45) is 0 Å². The van der Waals surface area contributed by atoms with E-state index < -0.39 is 0 Å². The lowest BCUT2D eigenvalue weighted by Crippen LogP contribution is -1.97. The van der Waals surface area contributed by atoms with Crippen molar-refractivity contribution < 1.29 is 14.6 Å². The molecule has 0 aliphatic heterocycles. The fourth-order valence-electron chi connectivity index (χ4n) is 2.91. The van der Waals surface area contributed by atoms with Crippen LogP contribution in [0.15, 0.2) is 53.9 Å². The average molecular weight is 378 g/mol. The van der Waals surface area contributed by atoms with Gasteiger partial charge in [0.2, 0.25) is 5.88 Å². The van der Waals surface area contributed by atoms with Crippen LogP contribution < -0.4 is 9.47 Å². The molecule has 6 heteroatoms. The second-order valence-electron chi connectivity index (χ2n) is 6.02. The summed E-state index contributed by atoms with van der Waals surface area (Å²) in [7, 11) is 1.57. The Bertz CT molecular complexity index is 1090. The van der Waals surface area contributed by atoms with Crippen LogP contribution in [0.1, 0.15) is 11.4 Å². The van der Waals surface area contributed by atoms with E-state index in [0.717, 1.165) is 26.9 Å². The van der Waals surface area contributed by atoms with Gasteiger partial charge in [0.25, 0.3) is 0 Å². The van der Waals surface area contributed by atoms with E-state index in [4.69, 9.17) is 9.47 Å². The summed E-state index contributed by atoms with van der Waals surface area (Å²) in [6.45, 7) is 1.79. The number of fused-ring (bicyclic) bond motifs is 1. The minimum absolute atomic E-state index is 0.0593. The molecule has 0 amide bonds. The number of aryl methyl sites for hydroxylation is 1. The Morgan fingerprint density at radius 1 is 1.04 bits per heavy atom. The third kappa shape index (κ3) is 3.37. The smallest absolute Gasteiger partial charge is 0.232 e. The molecule has 0 atom stereocenters. The number of aromatic nitrogens is 2. The molecule has 4 aromatic rings. The van der Waals surface area contributed by atoms with Gasteiger partial charge in [0, 0.05) is 10.9 Å². The summed E-state index contributed by atoms with van der Waals surface area (Å²) >= 11 is 1.57. The topological polar surface area (TPSA) is 64.5 Å². The Hall–Kier alpha value is -2.96. The average Bonchev–Trinajstić information content (AvgIpc) is 3.13. The molecule has 0 aliphatic carbocycles. The summed E-state index contributed by atoms with van der Waals surface area (Å²) in [4.78, 5) is 9.98. The number of hydrogen-bond acceptors (Lipinski definition) is 6. The summed E-state index contributed by atoms with van der Waals surface area (Å²) in [5.41, 5.74) is 2.88. The van der Waals surface area contributed by atoms with Gasteiger partial charge in [-0.15, -0.1) is 11.3 Å². The minimum Gasteiger partial charge on any atom is -0.493 e. The summed E-state index contributed by atoms with van der Waals surface area (Å²) < 4.78 is 11.6. The molecule has 27 heavy (non-hydrogen) atoms. The summed E-state index contributed by atoms with van der Waals surface area (Å²) in [6, 6.07) is 15.5. The van der Waals surface area contributed by atoms with E-state index in [2.05, 4.69) is 27.5 Å². The zero-order chi connectivity index (χ0) is 18.8. The van der Waals surface area contributed by atoms with Crippen molar-refractivity contribution in [1.29, 1.82) is 0 Å². The Labute approximate surface area is 160 Å². The van der Waals surface area contributed by atoms with Gasteiger partial charge in [-0.25, -0.2) is 4.98 Å². The first-order valence-corrected chi connectivity index (χ1v) is 9.34. The van der Waals surface area contributed by atoms with Crippen LogP contribution >= 0.6 is 11.3 Å². The van der Waals surface area contributed by atoms with Gasteiger partial charge in [0.15, 0.2) is 11.5 Å². The molecule has 2 aromatic heterocycles. The van der Waals surface area contributed by atoms with Crippen LogP contribution in [-0.2, 0) is 6.61 Å². The van der Waals surface area contributed by atoms with Crippen molar-refractivity contribution in [3.8, 4) is 28.5 Å². The molecular formula is C21H18N2O3S. The van der Waals surface area contributed by atoms with Crippen LogP contribution in [0.3, 0.4) is 0 Å². The van der Waals surface area contributed by atoms with Gasteiger partial charge in [-0.1, -0.05) is 36.4 Å². The fraction of sp³-hybridized carbons (Fsp3) is 0.143. The maximum Gasteiger partial charge on any atom is 0.232 e. The third-order valence-electron chi connectivity index (χ3n) is 4.21. The van der Waals surface area contributed by atoms with Gasteiger partial charge in [0.1, 0.15) is 10.7 Å². The van der Waals surface area contributed by atoms with Crippen LogP contribution in [0.4, 0.5) is 0 Å². The molecule has 0 spiro atoms. The number of aliphatic hydroxyl groups is 1. The van der Waals surface area contributed by atoms with Crippen LogP contribution in [0, 0.1) is 6.92 Å². The third-order valence-corrected chi connectivity index (χ3v) is 5.09. The van der Waals surface area contributed by atoms with Crippen molar-refractivity contribution in [3.05, 3.63) is 65.3 Å². The second-order valence-corrected chi connectivity index (χ2v) is 6.88. The molecule has 0 radical (unpaired) electrons. The standard InChI is InChI=1S/C21H18N2O3S/c1-13-22-20(26-17-9-8-14(11-24)10-18(17)25-2)19-16(12-27-21(19)23-13)15-6-4-3-5-7-15/h3-10,12,24H,11H2,1-2H3. The lowest BCUT2D eigenvalue weighted by Gasteiger charge is -2.12. The van der Waals surface area contributed by atoms with Gasteiger partial charge in [-0.2, -0.15) is 4.98 Å². The maximum absolute atomic E-state index is 9.33. The van der Waals surface area contributed by atoms with Crippen LogP contribution in [0.25, 0.3) is 21.3 Å². The van der Waals surface area contributed by atoms with E-state index in [9.17, 15) is 5.11 Å². The van der Waals surface area contributed by atoms with E-state index in [0.29, 0.717) is 23.2 Å². The number of methoxy groups -OCH3 is 1. The highest BCUT2D eigenvalue weighted by Crippen LogP contribution is 2.41. The molecular weight excluding hydrogens is 360 g/mol. The molecule has 5 nitrogen and oxygen atoms in total.